The van der Waals surface area contributed by atoms with Crippen molar-refractivity contribution in [3.63, 3.8) is 0 Å². The molecule has 0 fully saturated rings. The maximum Gasteiger partial charge on any atom is 1.00 e. The topological polar surface area (TPSA) is 54.4 Å². The van der Waals surface area contributed by atoms with Gasteiger partial charge in [0.25, 0.3) is 10.1 Å². The summed E-state index contributed by atoms with van der Waals surface area (Å²) in [6, 6.07) is 7.42. The first kappa shape index (κ1) is 17.5. The molecule has 0 amide bonds. The quantitative estimate of drug-likeness (QED) is 0.536. The summed E-state index contributed by atoms with van der Waals surface area (Å²) >= 11 is 0. The van der Waals surface area contributed by atoms with Gasteiger partial charge in [0.2, 0.25) is 0 Å². The van der Waals surface area contributed by atoms with Crippen LogP contribution in [0.5, 0.6) is 0 Å². The molecule has 0 aromatic heterocycles. The average Bonchev–Trinajstić information content (AvgIpc) is 2.03. The average molecular weight is 239 g/mol. The molecule has 1 aromatic carbocycles. The van der Waals surface area contributed by atoms with Crippen LogP contribution in [0.1, 0.15) is 20.8 Å². The number of hydrogen-bond acceptors (Lipinski definition) is 2. The van der Waals surface area contributed by atoms with Crippen LogP contribution in [0.25, 0.3) is 0 Å². The fraction of sp³-hybridized carbons (Fsp3) is 0.400. The van der Waals surface area contributed by atoms with Gasteiger partial charge in [-0.05, 0) is 18.1 Å². The third-order valence-corrected chi connectivity index (χ3v) is 1.91. The maximum absolute atomic E-state index is 10.4. The molecule has 0 atom stereocenters. The number of rotatable bonds is 1. The van der Waals surface area contributed by atoms with E-state index in [4.69, 9.17) is 4.55 Å². The van der Waals surface area contributed by atoms with Crippen molar-refractivity contribution in [3.05, 3.63) is 30.3 Å². The van der Waals surface area contributed by atoms with Gasteiger partial charge in [0.05, 0.1) is 4.90 Å². The molecule has 80 valence electrons. The third-order valence-electron chi connectivity index (χ3n) is 1.04. The van der Waals surface area contributed by atoms with E-state index in [1.165, 1.54) is 12.1 Å². The minimum absolute atomic E-state index is 0. The van der Waals surface area contributed by atoms with E-state index in [2.05, 4.69) is 20.8 Å². The number of hydrogen-bond donors (Lipinski definition) is 1. The van der Waals surface area contributed by atoms with Crippen LogP contribution in [0.15, 0.2) is 35.2 Å². The Balaban J connectivity index is 0. The number of benzene rings is 1. The van der Waals surface area contributed by atoms with Crippen LogP contribution in [-0.4, -0.2) is 13.0 Å². The minimum Gasteiger partial charge on any atom is -0.282 e. The van der Waals surface area contributed by atoms with Gasteiger partial charge in [-0.2, -0.15) is 8.42 Å². The Kier molecular flexibility index (Phi) is 9.70. The fourth-order valence-electron chi connectivity index (χ4n) is 0.592. The van der Waals surface area contributed by atoms with Gasteiger partial charge in [-0.1, -0.05) is 39.0 Å². The Morgan fingerprint density at radius 2 is 1.40 bits per heavy atom. The molecular formula is C10H16NaO3S+. The summed E-state index contributed by atoms with van der Waals surface area (Å²) in [6.07, 6.45) is 0. The second kappa shape index (κ2) is 8.30. The van der Waals surface area contributed by atoms with Crippen molar-refractivity contribution >= 4 is 10.1 Å². The SMILES string of the molecule is CC(C)C.O=S(=O)(O)c1ccccc1.[Na+]. The largest absolute Gasteiger partial charge is 1.00 e. The first-order valence-electron chi connectivity index (χ1n) is 4.36. The van der Waals surface area contributed by atoms with E-state index in [9.17, 15) is 8.42 Å². The van der Waals surface area contributed by atoms with Crippen LogP contribution < -0.4 is 29.6 Å². The molecule has 0 aliphatic heterocycles. The van der Waals surface area contributed by atoms with Gasteiger partial charge in [0.15, 0.2) is 0 Å². The molecule has 0 radical (unpaired) electrons. The third kappa shape index (κ3) is 10.4. The maximum atomic E-state index is 10.4. The first-order valence-corrected chi connectivity index (χ1v) is 5.80. The molecule has 0 saturated heterocycles. The summed E-state index contributed by atoms with van der Waals surface area (Å²) < 4.78 is 29.2. The standard InChI is InChI=1S/C6H6O3S.C4H10.Na/c7-10(8,9)6-4-2-1-3-5-6;1-4(2)3;/h1-5H,(H,7,8,9);4H,1-3H3;/q;;+1. The predicted octanol–water partition coefficient (Wildman–Crippen LogP) is -0.400. The molecule has 0 unspecified atom stereocenters. The molecule has 1 aromatic rings. The second-order valence-corrected chi connectivity index (χ2v) is 4.94. The fourth-order valence-corrected chi connectivity index (χ4v) is 1.09. The molecule has 5 heteroatoms. The zero-order valence-electron chi connectivity index (χ0n) is 9.64. The summed E-state index contributed by atoms with van der Waals surface area (Å²) in [4.78, 5) is -0.0741. The molecule has 0 aliphatic rings. The summed E-state index contributed by atoms with van der Waals surface area (Å²) in [5.41, 5.74) is 0. The van der Waals surface area contributed by atoms with E-state index in [-0.39, 0.29) is 34.5 Å². The predicted molar refractivity (Wildman–Crippen MR) is 56.8 cm³/mol. The van der Waals surface area contributed by atoms with Gasteiger partial charge in [-0.25, -0.2) is 0 Å². The van der Waals surface area contributed by atoms with Crippen LogP contribution in [0.4, 0.5) is 0 Å². The Morgan fingerprint density at radius 3 is 1.60 bits per heavy atom. The summed E-state index contributed by atoms with van der Waals surface area (Å²) in [6.45, 7) is 6.50. The molecule has 0 saturated carbocycles. The zero-order valence-corrected chi connectivity index (χ0v) is 12.5. The normalized spacial score (nSPS) is 9.93. The molecule has 0 spiro atoms. The molecule has 1 N–H and O–H groups in total. The van der Waals surface area contributed by atoms with Crippen molar-refractivity contribution < 1.29 is 42.5 Å². The van der Waals surface area contributed by atoms with E-state index < -0.39 is 10.1 Å². The van der Waals surface area contributed by atoms with Crippen molar-refractivity contribution in [2.75, 3.05) is 0 Å². The van der Waals surface area contributed by atoms with E-state index in [1.54, 1.807) is 18.2 Å². The van der Waals surface area contributed by atoms with E-state index in [0.29, 0.717) is 0 Å². The van der Waals surface area contributed by atoms with E-state index in [0.717, 1.165) is 5.92 Å². The van der Waals surface area contributed by atoms with Crippen molar-refractivity contribution in [2.24, 2.45) is 5.92 Å². The van der Waals surface area contributed by atoms with Gasteiger partial charge >= 0.3 is 29.6 Å². The second-order valence-electron chi connectivity index (χ2n) is 3.52. The van der Waals surface area contributed by atoms with Gasteiger partial charge in [-0.15, -0.1) is 0 Å². The van der Waals surface area contributed by atoms with Gasteiger partial charge in [0.1, 0.15) is 0 Å². The van der Waals surface area contributed by atoms with E-state index in [1.807, 2.05) is 0 Å². The van der Waals surface area contributed by atoms with Crippen LogP contribution in [-0.2, 0) is 10.1 Å². The van der Waals surface area contributed by atoms with Crippen molar-refractivity contribution in [2.45, 2.75) is 25.7 Å². The smallest absolute Gasteiger partial charge is 0.282 e. The van der Waals surface area contributed by atoms with Crippen LogP contribution in [0.3, 0.4) is 0 Å². The van der Waals surface area contributed by atoms with Crippen LogP contribution >= 0.6 is 0 Å². The summed E-state index contributed by atoms with van der Waals surface area (Å²) in [5, 5.41) is 0. The summed E-state index contributed by atoms with van der Waals surface area (Å²) in [5.74, 6) is 0.833. The van der Waals surface area contributed by atoms with Gasteiger partial charge < -0.3 is 0 Å². The first-order chi connectivity index (χ1) is 6.34. The van der Waals surface area contributed by atoms with E-state index >= 15 is 0 Å². The summed E-state index contributed by atoms with van der Waals surface area (Å²) in [7, 11) is -4.00. The van der Waals surface area contributed by atoms with Gasteiger partial charge in [0, 0.05) is 0 Å². The minimum atomic E-state index is -4.00. The van der Waals surface area contributed by atoms with Gasteiger partial charge in [-0.3, -0.25) is 4.55 Å². The monoisotopic (exact) mass is 239 g/mol. The van der Waals surface area contributed by atoms with Crippen molar-refractivity contribution in [1.29, 1.82) is 0 Å². The Morgan fingerprint density at radius 1 is 1.07 bits per heavy atom. The van der Waals surface area contributed by atoms with Crippen LogP contribution in [0.2, 0.25) is 0 Å². The molecule has 0 bridgehead atoms. The molecule has 1 rings (SSSR count). The molecule has 0 heterocycles. The van der Waals surface area contributed by atoms with Crippen molar-refractivity contribution in [1.82, 2.24) is 0 Å². The molecule has 0 aliphatic carbocycles. The Bertz CT molecular complexity index is 343. The Labute approximate surface area is 114 Å². The Hall–Kier alpha value is 0.130. The molecule has 15 heavy (non-hydrogen) atoms. The molecule has 3 nitrogen and oxygen atoms in total. The molecular weight excluding hydrogens is 223 g/mol. The van der Waals surface area contributed by atoms with Crippen molar-refractivity contribution in [3.8, 4) is 0 Å². The zero-order chi connectivity index (χ0) is 11.2. The van der Waals surface area contributed by atoms with Crippen LogP contribution in [0, 0.1) is 5.92 Å².